The van der Waals surface area contributed by atoms with Crippen molar-refractivity contribution in [3.63, 3.8) is 0 Å². The molecule has 1 amide bonds. The zero-order chi connectivity index (χ0) is 10.7. The van der Waals surface area contributed by atoms with E-state index in [9.17, 15) is 4.79 Å². The molecule has 0 bridgehead atoms. The summed E-state index contributed by atoms with van der Waals surface area (Å²) in [5, 5.41) is 6.53. The Morgan fingerprint density at radius 2 is 2.33 bits per heavy atom. The first kappa shape index (κ1) is 10.9. The number of carbonyl (C=O) groups is 1. The first-order valence-electron chi connectivity index (χ1n) is 6.28. The van der Waals surface area contributed by atoms with E-state index in [4.69, 9.17) is 0 Å². The molecular formula is C12H22N2O. The van der Waals surface area contributed by atoms with E-state index in [-0.39, 0.29) is 5.41 Å². The molecule has 1 heterocycles. The summed E-state index contributed by atoms with van der Waals surface area (Å²) >= 11 is 0. The van der Waals surface area contributed by atoms with Gasteiger partial charge in [0.05, 0.1) is 5.41 Å². The van der Waals surface area contributed by atoms with Gasteiger partial charge in [0.2, 0.25) is 5.91 Å². The van der Waals surface area contributed by atoms with Crippen LogP contribution in [0, 0.1) is 5.41 Å². The molecule has 2 aliphatic rings. The second kappa shape index (κ2) is 4.52. The molecule has 15 heavy (non-hydrogen) atoms. The van der Waals surface area contributed by atoms with Crippen LogP contribution in [0.1, 0.15) is 45.4 Å². The van der Waals surface area contributed by atoms with Crippen molar-refractivity contribution in [3.05, 3.63) is 0 Å². The normalized spacial score (nSPS) is 31.3. The molecule has 1 saturated heterocycles. The molecule has 0 aromatic rings. The highest BCUT2D eigenvalue weighted by atomic mass is 16.2. The summed E-state index contributed by atoms with van der Waals surface area (Å²) in [5.74, 6) is 0.305. The van der Waals surface area contributed by atoms with Crippen LogP contribution in [-0.4, -0.2) is 25.0 Å². The number of hydrogen-bond acceptors (Lipinski definition) is 2. The molecule has 86 valence electrons. The molecule has 2 N–H and O–H groups in total. The van der Waals surface area contributed by atoms with Gasteiger partial charge in [0, 0.05) is 12.6 Å². The molecule has 0 spiro atoms. The van der Waals surface area contributed by atoms with Gasteiger partial charge in [-0.3, -0.25) is 4.79 Å². The molecule has 3 nitrogen and oxygen atoms in total. The topological polar surface area (TPSA) is 41.1 Å². The minimum atomic E-state index is -0.0929. The van der Waals surface area contributed by atoms with E-state index in [1.807, 2.05) is 0 Å². The Labute approximate surface area is 92.0 Å². The van der Waals surface area contributed by atoms with E-state index in [1.54, 1.807) is 0 Å². The molecule has 1 atom stereocenters. The fraction of sp³-hybridized carbons (Fsp3) is 0.917. The second-order valence-corrected chi connectivity index (χ2v) is 5.06. The molecule has 1 aliphatic heterocycles. The summed E-state index contributed by atoms with van der Waals surface area (Å²) in [5.41, 5.74) is -0.0929. The second-order valence-electron chi connectivity index (χ2n) is 5.06. The fourth-order valence-corrected chi connectivity index (χ4v) is 2.63. The van der Waals surface area contributed by atoms with Crippen molar-refractivity contribution in [2.45, 2.75) is 51.5 Å². The standard InChI is InChI=1S/C12H22N2O/c1-2-6-12(7-8-13-9-12)11(15)14-10-4-3-5-10/h10,13H,2-9H2,1H3,(H,14,15). The van der Waals surface area contributed by atoms with Crippen LogP contribution in [0.3, 0.4) is 0 Å². The summed E-state index contributed by atoms with van der Waals surface area (Å²) in [6.45, 7) is 4.04. The highest BCUT2D eigenvalue weighted by Gasteiger charge is 2.41. The van der Waals surface area contributed by atoms with Gasteiger partial charge in [-0.05, 0) is 38.6 Å². The molecule has 0 radical (unpaired) electrons. The highest BCUT2D eigenvalue weighted by Crippen LogP contribution is 2.32. The van der Waals surface area contributed by atoms with Gasteiger partial charge in [0.1, 0.15) is 0 Å². The van der Waals surface area contributed by atoms with Crippen molar-refractivity contribution in [3.8, 4) is 0 Å². The summed E-state index contributed by atoms with van der Waals surface area (Å²) < 4.78 is 0. The van der Waals surface area contributed by atoms with Gasteiger partial charge in [0.15, 0.2) is 0 Å². The third-order valence-electron chi connectivity index (χ3n) is 3.89. The monoisotopic (exact) mass is 210 g/mol. The van der Waals surface area contributed by atoms with E-state index in [0.29, 0.717) is 11.9 Å². The number of amides is 1. The highest BCUT2D eigenvalue weighted by molar-refractivity contribution is 5.83. The molecule has 0 aromatic heterocycles. The summed E-state index contributed by atoms with van der Waals surface area (Å²) in [7, 11) is 0. The van der Waals surface area contributed by atoms with Crippen molar-refractivity contribution in [2.75, 3.05) is 13.1 Å². The van der Waals surface area contributed by atoms with Crippen molar-refractivity contribution in [2.24, 2.45) is 5.41 Å². The number of hydrogen-bond donors (Lipinski definition) is 2. The number of nitrogens with one attached hydrogen (secondary N) is 2. The van der Waals surface area contributed by atoms with Crippen molar-refractivity contribution >= 4 is 5.91 Å². The lowest BCUT2D eigenvalue weighted by Gasteiger charge is -2.33. The molecule has 2 fully saturated rings. The molecule has 0 aromatic carbocycles. The Morgan fingerprint density at radius 3 is 2.80 bits per heavy atom. The van der Waals surface area contributed by atoms with E-state index < -0.39 is 0 Å². The van der Waals surface area contributed by atoms with Crippen LogP contribution < -0.4 is 10.6 Å². The maximum Gasteiger partial charge on any atom is 0.227 e. The van der Waals surface area contributed by atoms with Crippen LogP contribution in [0.15, 0.2) is 0 Å². The maximum absolute atomic E-state index is 12.2. The summed E-state index contributed by atoms with van der Waals surface area (Å²) in [4.78, 5) is 12.2. The predicted octanol–water partition coefficient (Wildman–Crippen LogP) is 1.43. The van der Waals surface area contributed by atoms with Crippen LogP contribution >= 0.6 is 0 Å². The lowest BCUT2D eigenvalue weighted by molar-refractivity contribution is -0.131. The van der Waals surface area contributed by atoms with Gasteiger partial charge in [0.25, 0.3) is 0 Å². The van der Waals surface area contributed by atoms with Gasteiger partial charge in [-0.15, -0.1) is 0 Å². The minimum Gasteiger partial charge on any atom is -0.353 e. The van der Waals surface area contributed by atoms with Crippen LogP contribution in [-0.2, 0) is 4.79 Å². The van der Waals surface area contributed by atoms with Gasteiger partial charge >= 0.3 is 0 Å². The molecular weight excluding hydrogens is 188 g/mol. The SMILES string of the molecule is CCCC1(C(=O)NC2CCC2)CCNC1. The van der Waals surface area contributed by atoms with Crippen molar-refractivity contribution < 1.29 is 4.79 Å². The Morgan fingerprint density at radius 1 is 1.53 bits per heavy atom. The molecule has 1 aliphatic carbocycles. The van der Waals surface area contributed by atoms with E-state index in [1.165, 1.54) is 19.3 Å². The van der Waals surface area contributed by atoms with Gasteiger partial charge in [-0.1, -0.05) is 13.3 Å². The first-order valence-corrected chi connectivity index (χ1v) is 6.28. The molecule has 1 unspecified atom stereocenters. The zero-order valence-electron chi connectivity index (χ0n) is 9.64. The third kappa shape index (κ3) is 2.17. The number of rotatable bonds is 4. The lowest BCUT2D eigenvalue weighted by atomic mass is 9.80. The zero-order valence-corrected chi connectivity index (χ0v) is 9.64. The van der Waals surface area contributed by atoms with Crippen LogP contribution in [0.2, 0.25) is 0 Å². The average Bonchev–Trinajstić information content (AvgIpc) is 2.61. The van der Waals surface area contributed by atoms with Gasteiger partial charge in [-0.25, -0.2) is 0 Å². The Bertz CT molecular complexity index is 230. The van der Waals surface area contributed by atoms with Crippen molar-refractivity contribution in [1.82, 2.24) is 10.6 Å². The lowest BCUT2D eigenvalue weighted by Crippen LogP contribution is -2.48. The Hall–Kier alpha value is -0.570. The molecule has 2 rings (SSSR count). The largest absolute Gasteiger partial charge is 0.353 e. The smallest absolute Gasteiger partial charge is 0.227 e. The summed E-state index contributed by atoms with van der Waals surface area (Å²) in [6.07, 6.45) is 6.78. The Balaban J connectivity index is 1.93. The van der Waals surface area contributed by atoms with Crippen LogP contribution in [0.5, 0.6) is 0 Å². The van der Waals surface area contributed by atoms with Crippen LogP contribution in [0.4, 0.5) is 0 Å². The third-order valence-corrected chi connectivity index (χ3v) is 3.89. The average molecular weight is 210 g/mol. The minimum absolute atomic E-state index is 0.0929. The predicted molar refractivity (Wildman–Crippen MR) is 60.6 cm³/mol. The number of carbonyl (C=O) groups excluding carboxylic acids is 1. The molecule has 3 heteroatoms. The van der Waals surface area contributed by atoms with Crippen molar-refractivity contribution in [1.29, 1.82) is 0 Å². The van der Waals surface area contributed by atoms with E-state index in [0.717, 1.165) is 32.4 Å². The Kier molecular flexibility index (Phi) is 3.29. The van der Waals surface area contributed by atoms with Gasteiger partial charge in [-0.2, -0.15) is 0 Å². The fourth-order valence-electron chi connectivity index (χ4n) is 2.63. The quantitative estimate of drug-likeness (QED) is 0.737. The van der Waals surface area contributed by atoms with Crippen LogP contribution in [0.25, 0.3) is 0 Å². The van der Waals surface area contributed by atoms with Gasteiger partial charge < -0.3 is 10.6 Å². The first-order chi connectivity index (χ1) is 7.27. The summed E-state index contributed by atoms with van der Waals surface area (Å²) in [6, 6.07) is 0.479. The maximum atomic E-state index is 12.2. The molecule has 1 saturated carbocycles. The van der Waals surface area contributed by atoms with E-state index >= 15 is 0 Å². The van der Waals surface area contributed by atoms with E-state index in [2.05, 4.69) is 17.6 Å².